The molecule has 216 valence electrons. The molecule has 9 nitrogen and oxygen atoms in total. The Morgan fingerprint density at radius 3 is 2.56 bits per heavy atom. The van der Waals surface area contributed by atoms with Gasteiger partial charge in [0.25, 0.3) is 10.0 Å². The highest BCUT2D eigenvalue weighted by atomic mass is 35.5. The molecular formula is C28H29ClF2N6O3S. The van der Waals surface area contributed by atoms with Gasteiger partial charge < -0.3 is 15.8 Å². The maximum atomic E-state index is 15.8. The molecule has 1 aliphatic rings. The fourth-order valence-electron chi connectivity index (χ4n) is 5.00. The van der Waals surface area contributed by atoms with Crippen molar-refractivity contribution in [2.24, 2.45) is 5.73 Å². The first-order chi connectivity index (χ1) is 19.6. The van der Waals surface area contributed by atoms with Crippen molar-refractivity contribution in [3.63, 3.8) is 0 Å². The summed E-state index contributed by atoms with van der Waals surface area (Å²) < 4.78 is 64.3. The number of benzene rings is 2. The Morgan fingerprint density at radius 2 is 1.85 bits per heavy atom. The second-order valence-electron chi connectivity index (χ2n) is 9.93. The highest BCUT2D eigenvalue weighted by molar-refractivity contribution is 7.92. The SMILES string of the molecule is CCc1cc(-c2c(F)ccc(NS(=O)(=O)c3cc(Cl)cnc3OC)c2F)cc2cnc(NC3CCC(N)CC3)nc12. The topological polar surface area (TPSA) is 132 Å². The van der Waals surface area contributed by atoms with Gasteiger partial charge in [0.05, 0.1) is 28.9 Å². The number of aromatic nitrogens is 3. The van der Waals surface area contributed by atoms with Gasteiger partial charge in [-0.05, 0) is 73.6 Å². The second kappa shape index (κ2) is 11.7. The first kappa shape index (κ1) is 28.9. The molecule has 4 N–H and O–H groups in total. The van der Waals surface area contributed by atoms with Crippen LogP contribution in [0.2, 0.25) is 5.02 Å². The zero-order valence-electron chi connectivity index (χ0n) is 22.4. The van der Waals surface area contributed by atoms with Gasteiger partial charge in [-0.3, -0.25) is 4.72 Å². The Kier molecular flexibility index (Phi) is 8.25. The van der Waals surface area contributed by atoms with Crippen molar-refractivity contribution >= 4 is 44.2 Å². The molecule has 1 aliphatic carbocycles. The van der Waals surface area contributed by atoms with E-state index < -0.39 is 37.8 Å². The first-order valence-corrected chi connectivity index (χ1v) is 15.0. The molecule has 0 bridgehead atoms. The van der Waals surface area contributed by atoms with Crippen LogP contribution in [0.25, 0.3) is 22.0 Å². The summed E-state index contributed by atoms with van der Waals surface area (Å²) in [5.41, 5.74) is 6.81. The number of nitrogens with two attached hydrogens (primary N) is 1. The number of hydrogen-bond acceptors (Lipinski definition) is 8. The van der Waals surface area contributed by atoms with Crippen molar-refractivity contribution in [3.05, 3.63) is 64.9 Å². The Balaban J connectivity index is 1.50. The van der Waals surface area contributed by atoms with Crippen molar-refractivity contribution in [2.45, 2.75) is 56.0 Å². The average molecular weight is 603 g/mol. The van der Waals surface area contributed by atoms with E-state index in [0.717, 1.165) is 49.4 Å². The van der Waals surface area contributed by atoms with Crippen LogP contribution < -0.4 is 20.5 Å². The lowest BCUT2D eigenvalue weighted by atomic mass is 9.92. The molecule has 1 fully saturated rings. The van der Waals surface area contributed by atoms with E-state index in [9.17, 15) is 8.42 Å². The number of rotatable bonds is 8. The summed E-state index contributed by atoms with van der Waals surface area (Å²) in [6, 6.07) is 6.83. The third-order valence-electron chi connectivity index (χ3n) is 7.14. The Bertz CT molecular complexity index is 1720. The maximum absolute atomic E-state index is 15.8. The number of ether oxygens (including phenoxy) is 1. The molecule has 2 heterocycles. The largest absolute Gasteiger partial charge is 0.480 e. The minimum Gasteiger partial charge on any atom is -0.480 e. The van der Waals surface area contributed by atoms with Crippen LogP contribution in [0.5, 0.6) is 5.88 Å². The van der Waals surface area contributed by atoms with Gasteiger partial charge in [0.15, 0.2) is 10.7 Å². The summed E-state index contributed by atoms with van der Waals surface area (Å²) in [4.78, 5) is 12.6. The van der Waals surface area contributed by atoms with Gasteiger partial charge in [-0.25, -0.2) is 32.2 Å². The van der Waals surface area contributed by atoms with E-state index in [2.05, 4.69) is 20.0 Å². The van der Waals surface area contributed by atoms with E-state index >= 15 is 8.78 Å². The number of halogens is 3. The van der Waals surface area contributed by atoms with Crippen molar-refractivity contribution in [1.82, 2.24) is 15.0 Å². The zero-order valence-corrected chi connectivity index (χ0v) is 24.0. The maximum Gasteiger partial charge on any atom is 0.267 e. The number of nitrogens with zero attached hydrogens (tertiary/aromatic N) is 3. The summed E-state index contributed by atoms with van der Waals surface area (Å²) in [7, 11) is -3.16. The summed E-state index contributed by atoms with van der Waals surface area (Å²) in [6.07, 6.45) is 7.10. The molecule has 0 aliphatic heterocycles. The standard InChI is InChI=1S/C28H29ClF2N6O3S/c1-3-15-10-16(11-17-13-34-28(36-26(15)17)35-20-6-4-19(32)5-7-20)24-21(30)8-9-22(25(24)31)37-41(38,39)23-12-18(29)14-33-27(23)40-2/h8-14,19-20,37H,3-7,32H2,1-2H3,(H,34,35,36). The second-order valence-corrected chi connectivity index (χ2v) is 12.0. The third-order valence-corrected chi connectivity index (χ3v) is 8.71. The lowest BCUT2D eigenvalue weighted by molar-refractivity contribution is 0.385. The summed E-state index contributed by atoms with van der Waals surface area (Å²) in [5.74, 6) is -1.69. The minimum absolute atomic E-state index is 0.0400. The van der Waals surface area contributed by atoms with E-state index in [-0.39, 0.29) is 28.5 Å². The Hall–Kier alpha value is -3.61. The van der Waals surface area contributed by atoms with Crippen LogP contribution in [0.3, 0.4) is 0 Å². The molecule has 0 spiro atoms. The zero-order chi connectivity index (χ0) is 29.3. The quantitative estimate of drug-likeness (QED) is 0.235. The van der Waals surface area contributed by atoms with Crippen molar-refractivity contribution in [1.29, 1.82) is 0 Å². The van der Waals surface area contributed by atoms with Crippen LogP contribution in [0.4, 0.5) is 20.4 Å². The van der Waals surface area contributed by atoms with Crippen molar-refractivity contribution in [2.75, 3.05) is 17.1 Å². The number of anilines is 2. The molecule has 0 amide bonds. The Morgan fingerprint density at radius 1 is 1.10 bits per heavy atom. The predicted molar refractivity (Wildman–Crippen MR) is 155 cm³/mol. The number of hydrogen-bond donors (Lipinski definition) is 3. The molecule has 0 atom stereocenters. The minimum atomic E-state index is -4.40. The van der Waals surface area contributed by atoms with Gasteiger partial charge >= 0.3 is 0 Å². The van der Waals surface area contributed by atoms with Gasteiger partial charge in [-0.2, -0.15) is 0 Å². The summed E-state index contributed by atoms with van der Waals surface area (Å²) in [5, 5.41) is 4.01. The average Bonchev–Trinajstić information content (AvgIpc) is 2.95. The first-order valence-electron chi connectivity index (χ1n) is 13.1. The van der Waals surface area contributed by atoms with Gasteiger partial charge in [0.2, 0.25) is 11.8 Å². The predicted octanol–water partition coefficient (Wildman–Crippen LogP) is 5.68. The van der Waals surface area contributed by atoms with Gasteiger partial charge in [-0.1, -0.05) is 18.5 Å². The number of nitrogens with one attached hydrogen (secondary N) is 2. The summed E-state index contributed by atoms with van der Waals surface area (Å²) in [6.45, 7) is 1.92. The molecule has 4 aromatic rings. The van der Waals surface area contributed by atoms with Crippen molar-refractivity contribution < 1.29 is 21.9 Å². The molecule has 2 aromatic heterocycles. The van der Waals surface area contributed by atoms with Crippen LogP contribution in [-0.4, -0.2) is 42.6 Å². The highest BCUT2D eigenvalue weighted by Crippen LogP contribution is 2.36. The van der Waals surface area contributed by atoms with E-state index in [0.29, 0.717) is 23.3 Å². The van der Waals surface area contributed by atoms with Gasteiger partial charge in [0.1, 0.15) is 5.82 Å². The molecular weight excluding hydrogens is 574 g/mol. The van der Waals surface area contributed by atoms with Crippen LogP contribution in [0, 0.1) is 11.6 Å². The molecule has 0 saturated heterocycles. The highest BCUT2D eigenvalue weighted by Gasteiger charge is 2.26. The lowest BCUT2D eigenvalue weighted by Crippen LogP contribution is -2.33. The van der Waals surface area contributed by atoms with Crippen molar-refractivity contribution in [3.8, 4) is 17.0 Å². The fourth-order valence-corrected chi connectivity index (χ4v) is 6.43. The normalized spacial score (nSPS) is 17.4. The number of sulfonamides is 1. The van der Waals surface area contributed by atoms with E-state index in [1.54, 1.807) is 18.3 Å². The monoisotopic (exact) mass is 602 g/mol. The molecule has 0 unspecified atom stereocenters. The van der Waals surface area contributed by atoms with Crippen LogP contribution >= 0.6 is 11.6 Å². The number of aryl methyl sites for hydroxylation is 1. The van der Waals surface area contributed by atoms with E-state index in [4.69, 9.17) is 27.1 Å². The Labute approximate surface area is 241 Å². The molecule has 13 heteroatoms. The molecule has 0 radical (unpaired) electrons. The van der Waals surface area contributed by atoms with Crippen LogP contribution in [-0.2, 0) is 16.4 Å². The van der Waals surface area contributed by atoms with Gasteiger partial charge in [-0.15, -0.1) is 0 Å². The number of fused-ring (bicyclic) bond motifs is 1. The van der Waals surface area contributed by atoms with Gasteiger partial charge in [0, 0.05) is 29.9 Å². The smallest absolute Gasteiger partial charge is 0.267 e. The fraction of sp³-hybridized carbons (Fsp3) is 0.321. The molecule has 1 saturated carbocycles. The van der Waals surface area contributed by atoms with Crippen LogP contribution in [0.15, 0.2) is 47.6 Å². The third kappa shape index (κ3) is 6.04. The molecule has 41 heavy (non-hydrogen) atoms. The van der Waals surface area contributed by atoms with Crippen LogP contribution in [0.1, 0.15) is 38.2 Å². The number of methoxy groups -OCH3 is 1. The van der Waals surface area contributed by atoms with E-state index in [1.165, 1.54) is 13.3 Å². The summed E-state index contributed by atoms with van der Waals surface area (Å²) >= 11 is 5.93. The lowest BCUT2D eigenvalue weighted by Gasteiger charge is -2.26. The van der Waals surface area contributed by atoms with E-state index in [1.807, 2.05) is 6.92 Å². The number of pyridine rings is 1. The molecule has 5 rings (SSSR count). The molecule has 2 aromatic carbocycles.